The van der Waals surface area contributed by atoms with Crippen molar-refractivity contribution in [2.45, 2.75) is 38.5 Å². The molecule has 0 unspecified atom stereocenters. The maximum atomic E-state index is 12.8. The Morgan fingerprint density at radius 1 is 1.29 bits per heavy atom. The van der Waals surface area contributed by atoms with Crippen molar-refractivity contribution >= 4 is 21.6 Å². The van der Waals surface area contributed by atoms with Crippen molar-refractivity contribution in [2.24, 2.45) is 5.73 Å². The van der Waals surface area contributed by atoms with Gasteiger partial charge in [0.15, 0.2) is 0 Å². The summed E-state index contributed by atoms with van der Waals surface area (Å²) in [6.07, 6.45) is 1.48. The highest BCUT2D eigenvalue weighted by atomic mass is 32.2. The molecule has 4 N–H and O–H groups in total. The predicted octanol–water partition coefficient (Wildman–Crippen LogP) is 1.16. The molecule has 7 heteroatoms. The van der Waals surface area contributed by atoms with Crippen molar-refractivity contribution in [2.75, 3.05) is 18.8 Å². The number of anilines is 1. The Morgan fingerprint density at radius 3 is 2.43 bits per heavy atom. The number of nitrogen functional groups attached to an aromatic ring is 1. The summed E-state index contributed by atoms with van der Waals surface area (Å²) in [5.41, 5.74) is 12.7. The molecule has 0 radical (unpaired) electrons. The monoisotopic (exact) mass is 313 g/mol. The minimum absolute atomic E-state index is 0.136. The van der Waals surface area contributed by atoms with Gasteiger partial charge in [-0.05, 0) is 43.5 Å². The largest absolute Gasteiger partial charge is 0.399 e. The van der Waals surface area contributed by atoms with Crippen LogP contribution in [0.2, 0.25) is 0 Å². The molecule has 1 aromatic carbocycles. The molecular weight excluding hydrogens is 290 g/mol. The number of carbonyl (C=O) groups excluding carboxylic acids is 1. The molecule has 1 amide bonds. The number of amides is 1. The first-order chi connectivity index (χ1) is 9.70. The fourth-order valence-corrected chi connectivity index (χ4v) is 3.83. The van der Waals surface area contributed by atoms with Crippen LogP contribution < -0.4 is 11.5 Å². The molecule has 0 fully saturated rings. The molecule has 0 aromatic heterocycles. The Kier molecular flexibility index (Phi) is 5.74. The SMILES string of the molecule is CCCCN(CC(N)=O)S(=O)(=O)c1cc(N)cc(C)c1C. The molecule has 0 aliphatic rings. The van der Waals surface area contributed by atoms with Crippen LogP contribution in [0.1, 0.15) is 30.9 Å². The molecule has 0 aliphatic heterocycles. The zero-order valence-electron chi connectivity index (χ0n) is 12.7. The maximum Gasteiger partial charge on any atom is 0.243 e. The number of unbranched alkanes of at least 4 members (excludes halogenated alkanes) is 1. The van der Waals surface area contributed by atoms with Gasteiger partial charge in [-0.1, -0.05) is 13.3 Å². The van der Waals surface area contributed by atoms with E-state index < -0.39 is 15.9 Å². The first-order valence-electron chi connectivity index (χ1n) is 6.85. The van der Waals surface area contributed by atoms with E-state index in [9.17, 15) is 13.2 Å². The number of primary amides is 1. The van der Waals surface area contributed by atoms with Crippen LogP contribution in [0.4, 0.5) is 5.69 Å². The highest BCUT2D eigenvalue weighted by Crippen LogP contribution is 2.25. The predicted molar refractivity (Wildman–Crippen MR) is 83.2 cm³/mol. The van der Waals surface area contributed by atoms with Crippen molar-refractivity contribution in [3.05, 3.63) is 23.3 Å². The lowest BCUT2D eigenvalue weighted by atomic mass is 10.1. The van der Waals surface area contributed by atoms with Crippen molar-refractivity contribution in [3.8, 4) is 0 Å². The third-order valence-electron chi connectivity index (χ3n) is 3.35. The standard InChI is InChI=1S/C14H23N3O3S/c1-4-5-6-17(9-14(16)18)21(19,20)13-8-12(15)7-10(2)11(13)3/h7-8H,4-6,9,15H2,1-3H3,(H2,16,18). The number of carbonyl (C=O) groups is 1. The van der Waals surface area contributed by atoms with Crippen LogP contribution in [0.5, 0.6) is 0 Å². The van der Waals surface area contributed by atoms with Gasteiger partial charge in [-0.25, -0.2) is 8.42 Å². The van der Waals surface area contributed by atoms with Crippen molar-refractivity contribution < 1.29 is 13.2 Å². The van der Waals surface area contributed by atoms with Gasteiger partial charge >= 0.3 is 0 Å². The van der Waals surface area contributed by atoms with Gasteiger partial charge in [0.1, 0.15) is 0 Å². The van der Waals surface area contributed by atoms with Gasteiger partial charge in [-0.3, -0.25) is 4.79 Å². The molecule has 0 saturated carbocycles. The topological polar surface area (TPSA) is 106 Å². The Morgan fingerprint density at radius 2 is 1.90 bits per heavy atom. The first kappa shape index (κ1) is 17.5. The van der Waals surface area contributed by atoms with Crippen molar-refractivity contribution in [1.29, 1.82) is 0 Å². The molecular formula is C14H23N3O3S. The second kappa shape index (κ2) is 6.91. The van der Waals surface area contributed by atoms with Crippen LogP contribution in [0.25, 0.3) is 0 Å². The molecule has 1 aromatic rings. The molecule has 6 nitrogen and oxygen atoms in total. The van der Waals surface area contributed by atoms with Crippen molar-refractivity contribution in [3.63, 3.8) is 0 Å². The number of rotatable bonds is 7. The minimum atomic E-state index is -3.79. The highest BCUT2D eigenvalue weighted by molar-refractivity contribution is 7.89. The summed E-state index contributed by atoms with van der Waals surface area (Å²) in [6.45, 7) is 5.41. The van der Waals surface area contributed by atoms with E-state index in [1.165, 1.54) is 6.07 Å². The minimum Gasteiger partial charge on any atom is -0.399 e. The van der Waals surface area contributed by atoms with Crippen LogP contribution in [-0.2, 0) is 14.8 Å². The van der Waals surface area contributed by atoms with E-state index >= 15 is 0 Å². The zero-order chi connectivity index (χ0) is 16.2. The van der Waals surface area contributed by atoms with Gasteiger partial charge in [-0.2, -0.15) is 4.31 Å². The van der Waals surface area contributed by atoms with Gasteiger partial charge in [0.05, 0.1) is 11.4 Å². The number of nitrogens with zero attached hydrogens (tertiary/aromatic N) is 1. The maximum absolute atomic E-state index is 12.8. The lowest BCUT2D eigenvalue weighted by molar-refractivity contribution is -0.118. The van der Waals surface area contributed by atoms with Gasteiger partial charge in [0.2, 0.25) is 15.9 Å². The Balaban J connectivity index is 3.31. The van der Waals surface area contributed by atoms with E-state index in [1.807, 2.05) is 6.92 Å². The Bertz CT molecular complexity index is 627. The number of sulfonamides is 1. The van der Waals surface area contributed by atoms with Gasteiger partial charge in [0, 0.05) is 12.2 Å². The normalized spacial score (nSPS) is 11.8. The summed E-state index contributed by atoms with van der Waals surface area (Å²) in [6, 6.07) is 3.15. The van der Waals surface area contributed by atoms with Crippen LogP contribution in [-0.4, -0.2) is 31.7 Å². The van der Waals surface area contributed by atoms with Crippen LogP contribution in [0, 0.1) is 13.8 Å². The summed E-state index contributed by atoms with van der Waals surface area (Å²) < 4.78 is 26.6. The molecule has 0 saturated heterocycles. The van der Waals surface area contributed by atoms with Gasteiger partial charge in [0.25, 0.3) is 0 Å². The van der Waals surface area contributed by atoms with E-state index in [0.29, 0.717) is 17.7 Å². The quantitative estimate of drug-likeness (QED) is 0.737. The molecule has 1 rings (SSSR count). The van der Waals surface area contributed by atoms with Gasteiger partial charge in [-0.15, -0.1) is 0 Å². The fourth-order valence-electron chi connectivity index (χ4n) is 2.05. The summed E-state index contributed by atoms with van der Waals surface area (Å²) in [4.78, 5) is 11.3. The number of benzene rings is 1. The lowest BCUT2D eigenvalue weighted by Gasteiger charge is -2.22. The van der Waals surface area contributed by atoms with E-state index in [-0.39, 0.29) is 18.0 Å². The molecule has 0 bridgehead atoms. The zero-order valence-corrected chi connectivity index (χ0v) is 13.5. The molecule has 0 aliphatic carbocycles. The van der Waals surface area contributed by atoms with Crippen LogP contribution in [0.15, 0.2) is 17.0 Å². The van der Waals surface area contributed by atoms with Crippen LogP contribution >= 0.6 is 0 Å². The first-order valence-corrected chi connectivity index (χ1v) is 8.29. The lowest BCUT2D eigenvalue weighted by Crippen LogP contribution is -2.39. The Hall–Kier alpha value is -1.60. The molecule has 21 heavy (non-hydrogen) atoms. The molecule has 0 spiro atoms. The summed E-state index contributed by atoms with van der Waals surface area (Å²) in [5.74, 6) is -0.673. The summed E-state index contributed by atoms with van der Waals surface area (Å²) >= 11 is 0. The number of hydrogen-bond acceptors (Lipinski definition) is 4. The van der Waals surface area contributed by atoms with E-state index in [2.05, 4.69) is 0 Å². The number of nitrogens with two attached hydrogens (primary N) is 2. The third-order valence-corrected chi connectivity index (χ3v) is 5.32. The van der Waals surface area contributed by atoms with Gasteiger partial charge < -0.3 is 11.5 Å². The Labute approximate surface area is 126 Å². The molecule has 0 atom stereocenters. The van der Waals surface area contributed by atoms with E-state index in [4.69, 9.17) is 11.5 Å². The van der Waals surface area contributed by atoms with Crippen LogP contribution in [0.3, 0.4) is 0 Å². The highest BCUT2D eigenvalue weighted by Gasteiger charge is 2.27. The number of hydrogen-bond donors (Lipinski definition) is 2. The second-order valence-corrected chi connectivity index (χ2v) is 7.03. The van der Waals surface area contributed by atoms with Crippen molar-refractivity contribution in [1.82, 2.24) is 4.31 Å². The average Bonchev–Trinajstić information content (AvgIpc) is 2.38. The third kappa shape index (κ3) is 4.18. The summed E-state index contributed by atoms with van der Waals surface area (Å²) in [7, 11) is -3.79. The fraction of sp³-hybridized carbons (Fsp3) is 0.500. The second-order valence-electron chi connectivity index (χ2n) is 5.12. The van der Waals surface area contributed by atoms with E-state index in [1.54, 1.807) is 19.9 Å². The number of aryl methyl sites for hydroxylation is 1. The average molecular weight is 313 g/mol. The summed E-state index contributed by atoms with van der Waals surface area (Å²) in [5, 5.41) is 0. The molecule has 118 valence electrons. The van der Waals surface area contributed by atoms with E-state index in [0.717, 1.165) is 16.3 Å². The molecule has 0 heterocycles. The smallest absolute Gasteiger partial charge is 0.243 e.